The predicted molar refractivity (Wildman–Crippen MR) is 241 cm³/mol. The van der Waals surface area contributed by atoms with Crippen LogP contribution in [0.4, 0.5) is 17.1 Å². The first-order valence-corrected chi connectivity index (χ1v) is 20.3. The molecule has 0 aliphatic carbocycles. The van der Waals surface area contributed by atoms with Gasteiger partial charge >= 0.3 is 0 Å². The number of rotatable bonds is 6. The standard InChI is InChI=1S/C52H33NS2/c1-2-12-34(13-3-1)35-24-26-37(27-25-35)53(39-29-31-51-48(33-39)44-18-7-8-22-49(44)54-51)38-28-30-42(47(32-38)41-19-10-15-36-14-4-5-16-40(36)41)45-20-11-21-46-43-17-6-9-23-50(43)55-52(45)46/h1-33H. The summed E-state index contributed by atoms with van der Waals surface area (Å²) in [6.07, 6.45) is 0. The molecule has 0 spiro atoms. The number of hydrogen-bond acceptors (Lipinski definition) is 3. The van der Waals surface area contributed by atoms with Gasteiger partial charge in [-0.15, -0.1) is 22.7 Å². The third kappa shape index (κ3) is 5.43. The Balaban J connectivity index is 1.17. The number of thiophene rings is 2. The lowest BCUT2D eigenvalue weighted by molar-refractivity contribution is 1.29. The van der Waals surface area contributed by atoms with Gasteiger partial charge in [0.15, 0.2) is 0 Å². The Hall–Kier alpha value is -6.52. The van der Waals surface area contributed by atoms with Gasteiger partial charge in [0.1, 0.15) is 0 Å². The van der Waals surface area contributed by atoms with Crippen molar-refractivity contribution in [2.45, 2.75) is 0 Å². The number of hydrogen-bond donors (Lipinski definition) is 0. The van der Waals surface area contributed by atoms with E-state index in [9.17, 15) is 0 Å². The second kappa shape index (κ2) is 13.1. The second-order valence-electron chi connectivity index (χ2n) is 14.1. The Morgan fingerprint density at radius 2 is 0.855 bits per heavy atom. The molecule has 11 rings (SSSR count). The zero-order valence-electron chi connectivity index (χ0n) is 29.8. The third-order valence-electron chi connectivity index (χ3n) is 10.9. The average molecular weight is 736 g/mol. The molecule has 3 heteroatoms. The summed E-state index contributed by atoms with van der Waals surface area (Å²) < 4.78 is 5.25. The molecule has 0 fully saturated rings. The Bertz CT molecular complexity index is 3200. The predicted octanol–water partition coefficient (Wildman–Crippen LogP) is 16.0. The Labute approximate surface area is 327 Å². The van der Waals surface area contributed by atoms with E-state index in [-0.39, 0.29) is 0 Å². The van der Waals surface area contributed by atoms with Crippen molar-refractivity contribution in [2.75, 3.05) is 4.90 Å². The SMILES string of the molecule is c1ccc(-c2ccc(N(c3ccc(-c4cccc5c4sc4ccccc45)c(-c4cccc5ccccc45)c3)c3ccc4sc5ccccc5c4c3)cc2)cc1. The molecule has 0 unspecified atom stereocenters. The van der Waals surface area contributed by atoms with Crippen LogP contribution < -0.4 is 4.90 Å². The summed E-state index contributed by atoms with van der Waals surface area (Å²) >= 11 is 3.75. The molecule has 1 nitrogen and oxygen atoms in total. The first-order chi connectivity index (χ1) is 27.3. The van der Waals surface area contributed by atoms with Gasteiger partial charge < -0.3 is 4.90 Å². The number of nitrogens with zero attached hydrogens (tertiary/aromatic N) is 1. The molecule has 0 bridgehead atoms. The van der Waals surface area contributed by atoms with Gasteiger partial charge in [0.2, 0.25) is 0 Å². The maximum absolute atomic E-state index is 2.43. The molecule has 0 radical (unpaired) electrons. The fraction of sp³-hybridized carbons (Fsp3) is 0. The quantitative estimate of drug-likeness (QED) is 0.164. The lowest BCUT2D eigenvalue weighted by Crippen LogP contribution is -2.10. The van der Waals surface area contributed by atoms with Crippen LogP contribution in [0.15, 0.2) is 200 Å². The summed E-state index contributed by atoms with van der Waals surface area (Å²) in [6, 6.07) is 73.5. The smallest absolute Gasteiger partial charge is 0.0468 e. The summed E-state index contributed by atoms with van der Waals surface area (Å²) in [5.41, 5.74) is 10.7. The van der Waals surface area contributed by atoms with E-state index in [0.717, 1.165) is 17.1 Å². The van der Waals surface area contributed by atoms with Crippen molar-refractivity contribution >= 4 is 90.9 Å². The molecule has 11 aromatic rings. The third-order valence-corrected chi connectivity index (χ3v) is 13.3. The first kappa shape index (κ1) is 32.0. The monoisotopic (exact) mass is 735 g/mol. The molecule has 258 valence electrons. The van der Waals surface area contributed by atoms with Gasteiger partial charge in [0.05, 0.1) is 0 Å². The van der Waals surface area contributed by atoms with E-state index < -0.39 is 0 Å². The van der Waals surface area contributed by atoms with Crippen LogP contribution in [0.1, 0.15) is 0 Å². The highest BCUT2D eigenvalue weighted by Gasteiger charge is 2.20. The fourth-order valence-electron chi connectivity index (χ4n) is 8.28. The summed E-state index contributed by atoms with van der Waals surface area (Å²) in [4.78, 5) is 2.43. The Kier molecular flexibility index (Phi) is 7.61. The zero-order valence-corrected chi connectivity index (χ0v) is 31.4. The van der Waals surface area contributed by atoms with Crippen LogP contribution in [-0.4, -0.2) is 0 Å². The number of benzene rings is 9. The van der Waals surface area contributed by atoms with Crippen molar-refractivity contribution in [3.8, 4) is 33.4 Å². The minimum atomic E-state index is 1.11. The van der Waals surface area contributed by atoms with Crippen molar-refractivity contribution in [1.29, 1.82) is 0 Å². The molecule has 0 aliphatic heterocycles. The highest BCUT2D eigenvalue weighted by molar-refractivity contribution is 7.26. The molecule has 0 saturated heterocycles. The molecule has 0 aliphatic rings. The topological polar surface area (TPSA) is 3.24 Å². The molecule has 2 aromatic heterocycles. The van der Waals surface area contributed by atoms with E-state index >= 15 is 0 Å². The van der Waals surface area contributed by atoms with Crippen molar-refractivity contribution < 1.29 is 0 Å². The van der Waals surface area contributed by atoms with Gasteiger partial charge in [0.25, 0.3) is 0 Å². The largest absolute Gasteiger partial charge is 0.310 e. The van der Waals surface area contributed by atoms with Crippen LogP contribution in [0.25, 0.3) is 84.5 Å². The molecule has 55 heavy (non-hydrogen) atoms. The second-order valence-corrected chi connectivity index (χ2v) is 16.2. The molecule has 0 amide bonds. The molecule has 0 N–H and O–H groups in total. The molecule has 2 heterocycles. The Morgan fingerprint density at radius 3 is 1.69 bits per heavy atom. The van der Waals surface area contributed by atoms with Crippen molar-refractivity contribution in [3.63, 3.8) is 0 Å². The summed E-state index contributed by atoms with van der Waals surface area (Å²) in [5, 5.41) is 7.69. The van der Waals surface area contributed by atoms with Gasteiger partial charge in [-0.2, -0.15) is 0 Å². The van der Waals surface area contributed by atoms with Crippen molar-refractivity contribution in [2.24, 2.45) is 0 Å². The summed E-state index contributed by atoms with van der Waals surface area (Å²) in [6.45, 7) is 0. The number of fused-ring (bicyclic) bond motifs is 7. The van der Waals surface area contributed by atoms with E-state index in [1.807, 2.05) is 22.7 Å². The van der Waals surface area contributed by atoms with Crippen LogP contribution in [0.3, 0.4) is 0 Å². The summed E-state index contributed by atoms with van der Waals surface area (Å²) in [5.74, 6) is 0. The zero-order chi connectivity index (χ0) is 36.3. The van der Waals surface area contributed by atoms with Crippen LogP contribution in [0.5, 0.6) is 0 Å². The van der Waals surface area contributed by atoms with Crippen molar-refractivity contribution in [3.05, 3.63) is 200 Å². The van der Waals surface area contributed by atoms with E-state index in [2.05, 4.69) is 205 Å². The lowest BCUT2D eigenvalue weighted by Gasteiger charge is -2.27. The van der Waals surface area contributed by atoms with Gasteiger partial charge in [-0.1, -0.05) is 146 Å². The normalized spacial score (nSPS) is 11.6. The van der Waals surface area contributed by atoms with Gasteiger partial charge in [-0.25, -0.2) is 0 Å². The highest BCUT2D eigenvalue weighted by Crippen LogP contribution is 2.47. The van der Waals surface area contributed by atoms with E-state index in [1.54, 1.807) is 0 Å². The van der Waals surface area contributed by atoms with Crippen LogP contribution in [-0.2, 0) is 0 Å². The van der Waals surface area contributed by atoms with Crippen LogP contribution in [0, 0.1) is 0 Å². The fourth-order valence-corrected chi connectivity index (χ4v) is 10.6. The molecule has 9 aromatic carbocycles. The van der Waals surface area contributed by atoms with E-state index in [0.29, 0.717) is 0 Å². The van der Waals surface area contributed by atoms with Crippen LogP contribution in [0.2, 0.25) is 0 Å². The van der Waals surface area contributed by atoms with Crippen molar-refractivity contribution in [1.82, 2.24) is 0 Å². The van der Waals surface area contributed by atoms with Gasteiger partial charge in [-0.3, -0.25) is 0 Å². The van der Waals surface area contributed by atoms with Gasteiger partial charge in [0, 0.05) is 63.0 Å². The maximum atomic E-state index is 2.43. The lowest BCUT2D eigenvalue weighted by atomic mass is 9.90. The van der Waals surface area contributed by atoms with E-state index in [1.165, 1.54) is 84.5 Å². The molecular weight excluding hydrogens is 703 g/mol. The van der Waals surface area contributed by atoms with E-state index in [4.69, 9.17) is 0 Å². The molecular formula is C52H33NS2. The highest BCUT2D eigenvalue weighted by atomic mass is 32.1. The minimum Gasteiger partial charge on any atom is -0.310 e. The first-order valence-electron chi connectivity index (χ1n) is 18.7. The molecule has 0 atom stereocenters. The Morgan fingerprint density at radius 1 is 0.291 bits per heavy atom. The van der Waals surface area contributed by atoms with Crippen LogP contribution >= 0.6 is 22.7 Å². The summed E-state index contributed by atoms with van der Waals surface area (Å²) in [7, 11) is 0. The average Bonchev–Trinajstić information content (AvgIpc) is 3.83. The van der Waals surface area contributed by atoms with Gasteiger partial charge in [-0.05, 0) is 93.2 Å². The molecule has 0 saturated carbocycles. The maximum Gasteiger partial charge on any atom is 0.0468 e. The number of anilines is 3. The minimum absolute atomic E-state index is 1.11.